The Hall–Kier alpha value is -2.81. The third-order valence-electron chi connectivity index (χ3n) is 4.90. The van der Waals surface area contributed by atoms with Gasteiger partial charge in [0.25, 0.3) is 5.91 Å². The molecular formula is C22H26BFN2O4. The summed E-state index contributed by atoms with van der Waals surface area (Å²) in [6.07, 6.45) is 1.81. The average Bonchev–Trinajstić information content (AvgIpc) is 2.71. The molecule has 8 heteroatoms. The second kappa shape index (κ2) is 10.8. The number of hydrogen-bond donors (Lipinski definition) is 3. The van der Waals surface area contributed by atoms with E-state index in [9.17, 15) is 24.0 Å². The number of nitrogens with one attached hydrogen (secondary N) is 1. The lowest BCUT2D eigenvalue weighted by molar-refractivity contribution is -0.117. The van der Waals surface area contributed by atoms with Crippen molar-refractivity contribution in [2.24, 2.45) is 0 Å². The molecule has 0 aliphatic heterocycles. The standard InChI is InChI=1S/C22H26BFN2O4/c1-4-22(28)26(20-8-6-5-7-19(20)24)18(14-27)13-25-21(23(29)30)12-17-10-9-15(2)11-16(17)3/h4-11,14,18,21,25,29-30H,1,12-13H2,2-3H3/t18?,21-/m0/s1. The molecule has 0 heterocycles. The number of anilines is 1. The molecule has 0 aliphatic carbocycles. The number of amides is 1. The van der Waals surface area contributed by atoms with Crippen LogP contribution in [0.5, 0.6) is 0 Å². The first-order valence-corrected chi connectivity index (χ1v) is 9.59. The fraction of sp³-hybridized carbons (Fsp3) is 0.273. The number of carbonyl (C=O) groups is 2. The summed E-state index contributed by atoms with van der Waals surface area (Å²) in [5.41, 5.74) is 2.96. The lowest BCUT2D eigenvalue weighted by atomic mass is 9.75. The van der Waals surface area contributed by atoms with E-state index in [-0.39, 0.29) is 12.2 Å². The molecular weight excluding hydrogens is 386 g/mol. The Morgan fingerprint density at radius 3 is 2.53 bits per heavy atom. The highest BCUT2D eigenvalue weighted by molar-refractivity contribution is 6.43. The van der Waals surface area contributed by atoms with Crippen molar-refractivity contribution in [1.29, 1.82) is 0 Å². The van der Waals surface area contributed by atoms with Crippen LogP contribution in [0.3, 0.4) is 0 Å². The van der Waals surface area contributed by atoms with Crippen molar-refractivity contribution in [3.63, 3.8) is 0 Å². The smallest absolute Gasteiger partial charge is 0.426 e. The molecule has 0 fully saturated rings. The molecule has 30 heavy (non-hydrogen) atoms. The molecule has 0 saturated carbocycles. The zero-order valence-electron chi connectivity index (χ0n) is 17.1. The van der Waals surface area contributed by atoms with Gasteiger partial charge in [-0.1, -0.05) is 42.5 Å². The molecule has 0 aromatic heterocycles. The van der Waals surface area contributed by atoms with E-state index in [1.165, 1.54) is 18.2 Å². The van der Waals surface area contributed by atoms with Gasteiger partial charge in [-0.25, -0.2) is 4.39 Å². The predicted octanol–water partition coefficient (Wildman–Crippen LogP) is 1.74. The first-order valence-electron chi connectivity index (χ1n) is 9.59. The third-order valence-corrected chi connectivity index (χ3v) is 4.90. The van der Waals surface area contributed by atoms with E-state index >= 15 is 0 Å². The van der Waals surface area contributed by atoms with Gasteiger partial charge in [-0.05, 0) is 49.6 Å². The van der Waals surface area contributed by atoms with Crippen molar-refractivity contribution in [3.05, 3.63) is 77.6 Å². The molecule has 3 N–H and O–H groups in total. The van der Waals surface area contributed by atoms with Crippen LogP contribution in [0.2, 0.25) is 0 Å². The van der Waals surface area contributed by atoms with Crippen LogP contribution in [-0.4, -0.2) is 47.9 Å². The second-order valence-electron chi connectivity index (χ2n) is 7.13. The van der Waals surface area contributed by atoms with Crippen molar-refractivity contribution in [1.82, 2.24) is 5.32 Å². The Morgan fingerprint density at radius 1 is 1.27 bits per heavy atom. The van der Waals surface area contributed by atoms with Crippen molar-refractivity contribution >= 4 is 25.0 Å². The van der Waals surface area contributed by atoms with Crippen LogP contribution >= 0.6 is 0 Å². The molecule has 0 radical (unpaired) electrons. The van der Waals surface area contributed by atoms with Crippen LogP contribution < -0.4 is 10.2 Å². The van der Waals surface area contributed by atoms with Crippen LogP contribution in [0.25, 0.3) is 0 Å². The molecule has 2 rings (SSSR count). The van der Waals surface area contributed by atoms with Crippen LogP contribution in [-0.2, 0) is 16.0 Å². The van der Waals surface area contributed by atoms with Gasteiger partial charge in [0.05, 0.1) is 5.69 Å². The molecule has 2 aromatic rings. The number of hydrogen-bond acceptors (Lipinski definition) is 5. The van der Waals surface area contributed by atoms with E-state index in [1.54, 1.807) is 6.07 Å². The monoisotopic (exact) mass is 412 g/mol. The first-order chi connectivity index (χ1) is 14.3. The summed E-state index contributed by atoms with van der Waals surface area (Å²) in [5, 5.41) is 22.5. The largest absolute Gasteiger partial charge is 0.469 e. The predicted molar refractivity (Wildman–Crippen MR) is 116 cm³/mol. The number of nitrogens with zero attached hydrogens (tertiary/aromatic N) is 1. The quantitative estimate of drug-likeness (QED) is 0.314. The summed E-state index contributed by atoms with van der Waals surface area (Å²) < 4.78 is 14.3. The van der Waals surface area contributed by atoms with Gasteiger partial charge in [0.1, 0.15) is 18.1 Å². The van der Waals surface area contributed by atoms with Gasteiger partial charge in [-0.2, -0.15) is 0 Å². The Morgan fingerprint density at radius 2 is 1.97 bits per heavy atom. The number of aryl methyl sites for hydroxylation is 2. The van der Waals surface area contributed by atoms with Gasteiger partial charge in [0.15, 0.2) is 0 Å². The summed E-state index contributed by atoms with van der Waals surface area (Å²) in [7, 11) is -1.70. The van der Waals surface area contributed by atoms with E-state index < -0.39 is 30.8 Å². The van der Waals surface area contributed by atoms with Crippen LogP contribution in [0, 0.1) is 19.7 Å². The summed E-state index contributed by atoms with van der Waals surface area (Å²) in [6.45, 7) is 7.21. The highest BCUT2D eigenvalue weighted by Gasteiger charge is 2.29. The molecule has 0 spiro atoms. The van der Waals surface area contributed by atoms with E-state index in [2.05, 4.69) is 11.9 Å². The number of para-hydroxylation sites is 1. The molecule has 0 saturated heterocycles. The van der Waals surface area contributed by atoms with Gasteiger partial charge in [-0.3, -0.25) is 9.69 Å². The number of carbonyl (C=O) groups excluding carboxylic acids is 2. The van der Waals surface area contributed by atoms with E-state index in [0.717, 1.165) is 27.7 Å². The highest BCUT2D eigenvalue weighted by atomic mass is 19.1. The van der Waals surface area contributed by atoms with Gasteiger partial charge < -0.3 is 20.2 Å². The Balaban J connectivity index is 2.22. The summed E-state index contributed by atoms with van der Waals surface area (Å²) >= 11 is 0. The molecule has 2 atom stereocenters. The maximum Gasteiger partial charge on any atom is 0.469 e. The van der Waals surface area contributed by atoms with E-state index in [4.69, 9.17) is 0 Å². The fourth-order valence-electron chi connectivity index (χ4n) is 3.27. The van der Waals surface area contributed by atoms with Crippen LogP contribution in [0.4, 0.5) is 10.1 Å². The van der Waals surface area contributed by atoms with Crippen molar-refractivity contribution in [3.8, 4) is 0 Å². The van der Waals surface area contributed by atoms with E-state index in [1.807, 2.05) is 32.0 Å². The van der Waals surface area contributed by atoms with Gasteiger partial charge in [-0.15, -0.1) is 0 Å². The molecule has 0 aliphatic rings. The number of rotatable bonds is 10. The molecule has 158 valence electrons. The average molecular weight is 412 g/mol. The van der Waals surface area contributed by atoms with Crippen LogP contribution in [0.1, 0.15) is 16.7 Å². The minimum absolute atomic E-state index is 0.0585. The van der Waals surface area contributed by atoms with Crippen molar-refractivity contribution in [2.45, 2.75) is 32.3 Å². The number of aldehydes is 1. The van der Waals surface area contributed by atoms with Crippen molar-refractivity contribution < 1.29 is 24.0 Å². The Labute approximate surface area is 176 Å². The first kappa shape index (κ1) is 23.5. The zero-order chi connectivity index (χ0) is 22.3. The molecule has 6 nitrogen and oxygen atoms in total. The van der Waals surface area contributed by atoms with Crippen molar-refractivity contribution in [2.75, 3.05) is 11.4 Å². The van der Waals surface area contributed by atoms with E-state index in [0.29, 0.717) is 12.7 Å². The molecule has 2 aromatic carbocycles. The Bertz CT molecular complexity index is 906. The molecule has 1 unspecified atom stereocenters. The zero-order valence-corrected chi connectivity index (χ0v) is 17.1. The fourth-order valence-corrected chi connectivity index (χ4v) is 3.27. The van der Waals surface area contributed by atoms with Crippen LogP contribution in [0.15, 0.2) is 55.1 Å². The summed E-state index contributed by atoms with van der Waals surface area (Å²) in [5.74, 6) is -2.10. The molecule has 0 bridgehead atoms. The summed E-state index contributed by atoms with van der Waals surface area (Å²) in [4.78, 5) is 25.1. The lowest BCUT2D eigenvalue weighted by Crippen LogP contribution is -2.53. The molecule has 1 amide bonds. The number of halogens is 1. The second-order valence-corrected chi connectivity index (χ2v) is 7.13. The van der Waals surface area contributed by atoms with Gasteiger partial charge >= 0.3 is 7.12 Å². The van der Waals surface area contributed by atoms with Gasteiger partial charge in [0.2, 0.25) is 0 Å². The number of benzene rings is 2. The SMILES string of the molecule is C=CC(=O)N(c1ccccc1F)C(C=O)CN[C@@H](Cc1ccc(C)cc1C)B(O)O. The third kappa shape index (κ3) is 5.85. The maximum absolute atomic E-state index is 14.3. The Kier molecular flexibility index (Phi) is 8.47. The highest BCUT2D eigenvalue weighted by Crippen LogP contribution is 2.21. The topological polar surface area (TPSA) is 89.9 Å². The minimum Gasteiger partial charge on any atom is -0.426 e. The normalized spacial score (nSPS) is 12.7. The summed E-state index contributed by atoms with van der Waals surface area (Å²) in [6, 6.07) is 10.4. The maximum atomic E-state index is 14.3. The lowest BCUT2D eigenvalue weighted by Gasteiger charge is -2.29. The minimum atomic E-state index is -1.70. The van der Waals surface area contributed by atoms with Gasteiger partial charge in [0, 0.05) is 12.5 Å².